The first-order valence-electron chi connectivity index (χ1n) is 5.99. The molecule has 1 aliphatic rings. The van der Waals surface area contributed by atoms with Crippen LogP contribution in [0.2, 0.25) is 0 Å². The highest BCUT2D eigenvalue weighted by Gasteiger charge is 2.06. The van der Waals surface area contributed by atoms with Crippen LogP contribution >= 0.6 is 11.6 Å². The number of fused-ring (bicyclic) bond motifs is 1. The maximum Gasteiger partial charge on any atom is 0.185 e. The van der Waals surface area contributed by atoms with Gasteiger partial charge in [-0.15, -0.1) is 0 Å². The molecule has 0 fully saturated rings. The van der Waals surface area contributed by atoms with Crippen LogP contribution in [0.15, 0.2) is 58.0 Å². The van der Waals surface area contributed by atoms with E-state index in [0.29, 0.717) is 12.0 Å². The van der Waals surface area contributed by atoms with Crippen LogP contribution < -0.4 is 0 Å². The molecular formula is C16H11ClO2. The third-order valence-corrected chi connectivity index (χ3v) is 3.34. The van der Waals surface area contributed by atoms with E-state index in [9.17, 15) is 4.79 Å². The molecule has 0 saturated heterocycles. The van der Waals surface area contributed by atoms with Crippen LogP contribution in [0, 0.1) is 0 Å². The van der Waals surface area contributed by atoms with Crippen molar-refractivity contribution in [3.8, 4) is 0 Å². The van der Waals surface area contributed by atoms with E-state index >= 15 is 0 Å². The summed E-state index contributed by atoms with van der Waals surface area (Å²) in [5.41, 5.74) is 2.87. The first-order chi connectivity index (χ1) is 9.26. The van der Waals surface area contributed by atoms with Crippen molar-refractivity contribution >= 4 is 34.4 Å². The molecule has 19 heavy (non-hydrogen) atoms. The second-order valence-electron chi connectivity index (χ2n) is 4.34. The van der Waals surface area contributed by atoms with E-state index in [4.69, 9.17) is 16.0 Å². The van der Waals surface area contributed by atoms with Crippen molar-refractivity contribution < 1.29 is 9.21 Å². The van der Waals surface area contributed by atoms with Gasteiger partial charge in [-0.2, -0.15) is 0 Å². The highest BCUT2D eigenvalue weighted by atomic mass is 35.5. The Morgan fingerprint density at radius 2 is 2.05 bits per heavy atom. The number of hydrogen-bond acceptors (Lipinski definition) is 2. The average molecular weight is 271 g/mol. The summed E-state index contributed by atoms with van der Waals surface area (Å²) in [5, 5.41) is 1.67. The van der Waals surface area contributed by atoms with Gasteiger partial charge in [0, 0.05) is 10.4 Å². The minimum absolute atomic E-state index is 0.349. The predicted molar refractivity (Wildman–Crippen MR) is 77.3 cm³/mol. The lowest BCUT2D eigenvalue weighted by molar-refractivity contribution is 0.110. The van der Waals surface area contributed by atoms with Gasteiger partial charge in [-0.3, -0.25) is 4.79 Å². The minimum atomic E-state index is 0.349. The van der Waals surface area contributed by atoms with Gasteiger partial charge in [0.25, 0.3) is 0 Å². The minimum Gasteiger partial charge on any atom is -0.453 e. The molecule has 0 bridgehead atoms. The van der Waals surface area contributed by atoms with Gasteiger partial charge >= 0.3 is 0 Å². The highest BCUT2D eigenvalue weighted by molar-refractivity contribution is 6.31. The van der Waals surface area contributed by atoms with Crippen molar-refractivity contribution in [3.05, 3.63) is 64.9 Å². The number of aldehydes is 1. The summed E-state index contributed by atoms with van der Waals surface area (Å²) in [4.78, 5) is 10.7. The van der Waals surface area contributed by atoms with Crippen molar-refractivity contribution in [1.82, 2.24) is 0 Å². The van der Waals surface area contributed by atoms with Gasteiger partial charge in [-0.25, -0.2) is 0 Å². The molecule has 0 amide bonds. The molecule has 0 aliphatic heterocycles. The Morgan fingerprint density at radius 1 is 1.16 bits per heavy atom. The summed E-state index contributed by atoms with van der Waals surface area (Å²) in [5.74, 6) is 0.349. The Morgan fingerprint density at radius 3 is 2.89 bits per heavy atom. The predicted octanol–water partition coefficient (Wildman–Crippen LogP) is 4.71. The average Bonchev–Trinajstić information content (AvgIpc) is 2.72. The monoisotopic (exact) mass is 270 g/mol. The molecule has 0 atom stereocenters. The Hall–Kier alpha value is -2.06. The lowest BCUT2D eigenvalue weighted by Gasteiger charge is -2.01. The van der Waals surface area contributed by atoms with Gasteiger partial charge in [0.15, 0.2) is 12.0 Å². The summed E-state index contributed by atoms with van der Waals surface area (Å²) in [6, 6.07) is 7.65. The molecule has 0 N–H and O–H groups in total. The summed E-state index contributed by atoms with van der Waals surface area (Å²) >= 11 is 5.97. The summed E-state index contributed by atoms with van der Waals surface area (Å²) in [6.45, 7) is 0. The molecule has 0 saturated carbocycles. The van der Waals surface area contributed by atoms with Gasteiger partial charge < -0.3 is 4.42 Å². The maximum atomic E-state index is 10.7. The molecule has 94 valence electrons. The molecule has 0 spiro atoms. The van der Waals surface area contributed by atoms with Crippen LogP contribution in [0.4, 0.5) is 0 Å². The van der Waals surface area contributed by atoms with Crippen LogP contribution in [0.25, 0.3) is 16.5 Å². The van der Waals surface area contributed by atoms with E-state index in [-0.39, 0.29) is 0 Å². The highest BCUT2D eigenvalue weighted by Crippen LogP contribution is 2.26. The zero-order valence-corrected chi connectivity index (χ0v) is 10.9. The first kappa shape index (κ1) is 12.0. The van der Waals surface area contributed by atoms with Crippen LogP contribution in [-0.4, -0.2) is 6.29 Å². The van der Waals surface area contributed by atoms with Gasteiger partial charge in [0.2, 0.25) is 0 Å². The molecule has 2 aromatic rings. The fourth-order valence-corrected chi connectivity index (χ4v) is 2.26. The third-order valence-electron chi connectivity index (χ3n) is 3.06. The second kappa shape index (κ2) is 4.90. The molecule has 2 nitrogen and oxygen atoms in total. The Labute approximate surface area is 115 Å². The number of allylic oxidation sites excluding steroid dienone is 6. The van der Waals surface area contributed by atoms with Crippen LogP contribution in [-0.2, 0) is 0 Å². The van der Waals surface area contributed by atoms with Gasteiger partial charge in [-0.05, 0) is 35.8 Å². The molecule has 0 radical (unpaired) electrons. The molecule has 3 rings (SSSR count). The SMILES string of the molecule is O=Cc1cc2ccc(C3=CCC=C(Cl)C=C3)cc2o1. The molecular weight excluding hydrogens is 260 g/mol. The number of carbonyl (C=O) groups is 1. The molecule has 3 heteroatoms. The van der Waals surface area contributed by atoms with E-state index in [1.165, 1.54) is 0 Å². The fourth-order valence-electron chi connectivity index (χ4n) is 2.11. The quantitative estimate of drug-likeness (QED) is 0.740. The van der Waals surface area contributed by atoms with Crippen molar-refractivity contribution in [3.63, 3.8) is 0 Å². The topological polar surface area (TPSA) is 30.2 Å². The summed E-state index contributed by atoms with van der Waals surface area (Å²) in [6.07, 6.45) is 9.45. The smallest absolute Gasteiger partial charge is 0.185 e. The second-order valence-corrected chi connectivity index (χ2v) is 4.77. The standard InChI is InChI=1S/C16H11ClO2/c17-14-3-1-2-11(6-7-14)12-4-5-13-8-15(10-18)19-16(13)9-12/h2-10H,1H2. The largest absolute Gasteiger partial charge is 0.453 e. The number of hydrogen-bond donors (Lipinski definition) is 0. The van der Waals surface area contributed by atoms with Gasteiger partial charge in [0.05, 0.1) is 0 Å². The van der Waals surface area contributed by atoms with Crippen molar-refractivity contribution in [2.45, 2.75) is 6.42 Å². The van der Waals surface area contributed by atoms with Crippen molar-refractivity contribution in [2.75, 3.05) is 0 Å². The van der Waals surface area contributed by atoms with E-state index < -0.39 is 0 Å². The van der Waals surface area contributed by atoms with Crippen LogP contribution in [0.1, 0.15) is 22.5 Å². The van der Waals surface area contributed by atoms with E-state index in [2.05, 4.69) is 6.08 Å². The first-order valence-corrected chi connectivity index (χ1v) is 6.37. The lowest BCUT2D eigenvalue weighted by Crippen LogP contribution is -1.80. The number of benzene rings is 1. The Bertz CT molecular complexity index is 732. The number of rotatable bonds is 2. The van der Waals surface area contributed by atoms with E-state index in [0.717, 1.165) is 33.6 Å². The molecule has 1 aliphatic carbocycles. The normalized spacial score (nSPS) is 15.0. The number of carbonyl (C=O) groups excluding carboxylic acids is 1. The Balaban J connectivity index is 2.04. The molecule has 0 unspecified atom stereocenters. The van der Waals surface area contributed by atoms with E-state index in [1.54, 1.807) is 6.07 Å². The summed E-state index contributed by atoms with van der Waals surface area (Å²) < 4.78 is 5.44. The molecule has 1 heterocycles. The van der Waals surface area contributed by atoms with Crippen molar-refractivity contribution in [2.24, 2.45) is 0 Å². The molecule has 1 aromatic carbocycles. The zero-order valence-electron chi connectivity index (χ0n) is 10.1. The van der Waals surface area contributed by atoms with Gasteiger partial charge in [0.1, 0.15) is 5.58 Å². The maximum absolute atomic E-state index is 10.7. The van der Waals surface area contributed by atoms with Crippen LogP contribution in [0.3, 0.4) is 0 Å². The molecule has 1 aromatic heterocycles. The van der Waals surface area contributed by atoms with Gasteiger partial charge in [-0.1, -0.05) is 42.0 Å². The van der Waals surface area contributed by atoms with E-state index in [1.807, 2.05) is 36.4 Å². The number of halogens is 1. The fraction of sp³-hybridized carbons (Fsp3) is 0.0625. The zero-order chi connectivity index (χ0) is 13.2. The Kier molecular flexibility index (Phi) is 3.10. The summed E-state index contributed by atoms with van der Waals surface area (Å²) in [7, 11) is 0. The van der Waals surface area contributed by atoms with Crippen LogP contribution in [0.5, 0.6) is 0 Å². The lowest BCUT2D eigenvalue weighted by atomic mass is 10.0. The van der Waals surface area contributed by atoms with Crippen molar-refractivity contribution in [1.29, 1.82) is 0 Å². The third kappa shape index (κ3) is 2.40. The number of furan rings is 1.